The molecule has 100 valence electrons. The van der Waals surface area contributed by atoms with E-state index in [9.17, 15) is 5.11 Å². The van der Waals surface area contributed by atoms with Crippen molar-refractivity contribution in [2.24, 2.45) is 0 Å². The van der Waals surface area contributed by atoms with Crippen LogP contribution in [0.15, 0.2) is 36.5 Å². The molecule has 0 saturated heterocycles. The van der Waals surface area contributed by atoms with Gasteiger partial charge in [-0.1, -0.05) is 31.2 Å². The van der Waals surface area contributed by atoms with Crippen LogP contribution in [0.25, 0.3) is 0 Å². The molecule has 2 aromatic rings. The van der Waals surface area contributed by atoms with Gasteiger partial charge in [-0.2, -0.15) is 5.10 Å². The number of hydrogen-bond donors (Lipinski definition) is 1. The van der Waals surface area contributed by atoms with E-state index in [1.54, 1.807) is 6.20 Å². The first kappa shape index (κ1) is 12.4. The second-order valence-corrected chi connectivity index (χ2v) is 5.27. The van der Waals surface area contributed by atoms with Crippen LogP contribution in [0.2, 0.25) is 0 Å². The second kappa shape index (κ2) is 5.17. The fraction of sp³-hybridized carbons (Fsp3) is 0.438. The molecular formula is C16H20N2O. The maximum Gasteiger partial charge on any atom is 0.102 e. The quantitative estimate of drug-likeness (QED) is 0.913. The fourth-order valence-electron chi connectivity index (χ4n) is 3.12. The van der Waals surface area contributed by atoms with Crippen molar-refractivity contribution in [1.29, 1.82) is 0 Å². The zero-order valence-electron chi connectivity index (χ0n) is 11.3. The van der Waals surface area contributed by atoms with Crippen LogP contribution in [-0.4, -0.2) is 14.9 Å². The van der Waals surface area contributed by atoms with E-state index in [0.717, 1.165) is 31.5 Å². The zero-order valence-corrected chi connectivity index (χ0v) is 11.3. The Hall–Kier alpha value is -1.61. The summed E-state index contributed by atoms with van der Waals surface area (Å²) in [4.78, 5) is 0. The predicted molar refractivity (Wildman–Crippen MR) is 75.0 cm³/mol. The molecule has 1 aliphatic rings. The van der Waals surface area contributed by atoms with Crippen molar-refractivity contribution >= 4 is 0 Å². The summed E-state index contributed by atoms with van der Waals surface area (Å²) < 4.78 is 1.94. The molecular weight excluding hydrogens is 236 g/mol. The minimum absolute atomic E-state index is 0.212. The van der Waals surface area contributed by atoms with Gasteiger partial charge in [-0.15, -0.1) is 0 Å². The first-order valence-electron chi connectivity index (χ1n) is 7.09. The molecule has 1 N–H and O–H groups in total. The van der Waals surface area contributed by atoms with E-state index in [4.69, 9.17) is 0 Å². The van der Waals surface area contributed by atoms with Gasteiger partial charge in [-0.05, 0) is 36.5 Å². The summed E-state index contributed by atoms with van der Waals surface area (Å²) in [5.41, 5.74) is 3.64. The molecule has 3 rings (SSSR count). The lowest BCUT2D eigenvalue weighted by Crippen LogP contribution is -2.14. The van der Waals surface area contributed by atoms with Gasteiger partial charge in [0.25, 0.3) is 0 Å². The van der Waals surface area contributed by atoms with Crippen molar-refractivity contribution in [3.63, 3.8) is 0 Å². The van der Waals surface area contributed by atoms with Crippen molar-refractivity contribution in [1.82, 2.24) is 9.78 Å². The van der Waals surface area contributed by atoms with Gasteiger partial charge in [-0.25, -0.2) is 0 Å². The molecule has 3 nitrogen and oxygen atoms in total. The van der Waals surface area contributed by atoms with Crippen LogP contribution in [0, 0.1) is 0 Å². The highest BCUT2D eigenvalue weighted by Crippen LogP contribution is 2.41. The van der Waals surface area contributed by atoms with E-state index in [1.165, 1.54) is 11.1 Å². The molecule has 0 bridgehead atoms. The minimum atomic E-state index is -0.447. The number of nitrogens with zero attached hydrogens (tertiary/aromatic N) is 2. The van der Waals surface area contributed by atoms with Crippen molar-refractivity contribution < 1.29 is 5.11 Å². The molecule has 0 spiro atoms. The number of rotatable bonds is 4. The Balaban J connectivity index is 1.89. The van der Waals surface area contributed by atoms with Gasteiger partial charge in [0.15, 0.2) is 0 Å². The highest BCUT2D eigenvalue weighted by Gasteiger charge is 2.30. The van der Waals surface area contributed by atoms with Gasteiger partial charge in [0.1, 0.15) is 6.10 Å². The minimum Gasteiger partial charge on any atom is -0.386 e. The molecule has 2 atom stereocenters. The molecule has 1 aromatic carbocycles. The average molecular weight is 256 g/mol. The summed E-state index contributed by atoms with van der Waals surface area (Å²) in [7, 11) is 0. The molecule has 1 aromatic heterocycles. The lowest BCUT2D eigenvalue weighted by atomic mass is 9.93. The van der Waals surface area contributed by atoms with E-state index in [2.05, 4.69) is 36.3 Å². The molecule has 0 fully saturated rings. The summed E-state index contributed by atoms with van der Waals surface area (Å²) >= 11 is 0. The van der Waals surface area contributed by atoms with Crippen LogP contribution in [-0.2, 0) is 13.0 Å². The number of aryl methyl sites for hydroxylation is 2. The molecule has 0 radical (unpaired) electrons. The summed E-state index contributed by atoms with van der Waals surface area (Å²) in [5.74, 6) is 0.212. The number of fused-ring (bicyclic) bond motifs is 1. The molecule has 1 aliphatic carbocycles. The Labute approximate surface area is 113 Å². The van der Waals surface area contributed by atoms with Gasteiger partial charge in [0, 0.05) is 18.7 Å². The zero-order chi connectivity index (χ0) is 13.2. The van der Waals surface area contributed by atoms with Gasteiger partial charge < -0.3 is 5.11 Å². The third-order valence-electron chi connectivity index (χ3n) is 4.05. The van der Waals surface area contributed by atoms with Crippen LogP contribution in [0.3, 0.4) is 0 Å². The van der Waals surface area contributed by atoms with Crippen molar-refractivity contribution in [2.45, 2.75) is 44.8 Å². The molecule has 1 heterocycles. The normalized spacial score (nSPS) is 19.4. The third-order valence-corrected chi connectivity index (χ3v) is 4.05. The highest BCUT2D eigenvalue weighted by atomic mass is 16.3. The van der Waals surface area contributed by atoms with E-state index in [-0.39, 0.29) is 5.92 Å². The van der Waals surface area contributed by atoms with Crippen LogP contribution < -0.4 is 0 Å². The average Bonchev–Trinajstić information content (AvgIpc) is 3.04. The van der Waals surface area contributed by atoms with E-state index in [0.29, 0.717) is 0 Å². The van der Waals surface area contributed by atoms with E-state index in [1.807, 2.05) is 10.7 Å². The standard InChI is InChI=1S/C16H20N2O/c1-2-11-18-15(9-10-17-18)16(19)14-8-7-12-5-3-4-6-13(12)14/h3-6,9-10,14,16,19H,2,7-8,11H2,1H3. The van der Waals surface area contributed by atoms with Crippen LogP contribution in [0.4, 0.5) is 0 Å². The van der Waals surface area contributed by atoms with Gasteiger partial charge in [0.2, 0.25) is 0 Å². The number of aliphatic hydroxyl groups is 1. The van der Waals surface area contributed by atoms with Crippen molar-refractivity contribution in [2.75, 3.05) is 0 Å². The van der Waals surface area contributed by atoms with Crippen molar-refractivity contribution in [3.05, 3.63) is 53.3 Å². The Morgan fingerprint density at radius 1 is 1.37 bits per heavy atom. The second-order valence-electron chi connectivity index (χ2n) is 5.27. The molecule has 19 heavy (non-hydrogen) atoms. The summed E-state index contributed by atoms with van der Waals surface area (Å²) in [6, 6.07) is 10.4. The van der Waals surface area contributed by atoms with Gasteiger partial charge in [-0.3, -0.25) is 4.68 Å². The SMILES string of the molecule is CCCn1nccc1C(O)C1CCc2ccccc21. The lowest BCUT2D eigenvalue weighted by Gasteiger charge is -2.20. The topological polar surface area (TPSA) is 38.0 Å². The Morgan fingerprint density at radius 2 is 2.21 bits per heavy atom. The van der Waals surface area contributed by atoms with E-state index < -0.39 is 6.10 Å². The number of benzene rings is 1. The summed E-state index contributed by atoms with van der Waals surface area (Å²) in [5, 5.41) is 15.0. The summed E-state index contributed by atoms with van der Waals surface area (Å²) in [6.45, 7) is 3.00. The van der Waals surface area contributed by atoms with Crippen LogP contribution >= 0.6 is 0 Å². The Morgan fingerprint density at radius 3 is 3.05 bits per heavy atom. The smallest absolute Gasteiger partial charge is 0.102 e. The molecule has 0 saturated carbocycles. The number of aliphatic hydroxyl groups excluding tert-OH is 1. The van der Waals surface area contributed by atoms with Gasteiger partial charge in [0.05, 0.1) is 5.69 Å². The first-order chi connectivity index (χ1) is 9.31. The van der Waals surface area contributed by atoms with Gasteiger partial charge >= 0.3 is 0 Å². The Kier molecular flexibility index (Phi) is 3.38. The molecule has 3 heteroatoms. The monoisotopic (exact) mass is 256 g/mol. The fourth-order valence-corrected chi connectivity index (χ4v) is 3.12. The maximum absolute atomic E-state index is 10.7. The highest BCUT2D eigenvalue weighted by molar-refractivity contribution is 5.36. The maximum atomic E-state index is 10.7. The molecule has 2 unspecified atom stereocenters. The predicted octanol–water partition coefficient (Wildman–Crippen LogP) is 3.06. The molecule has 0 amide bonds. The van der Waals surface area contributed by atoms with Crippen LogP contribution in [0.1, 0.15) is 48.6 Å². The summed E-state index contributed by atoms with van der Waals surface area (Å²) in [6.07, 6.45) is 4.47. The third kappa shape index (κ3) is 2.19. The number of hydrogen-bond acceptors (Lipinski definition) is 2. The van der Waals surface area contributed by atoms with Crippen molar-refractivity contribution in [3.8, 4) is 0 Å². The lowest BCUT2D eigenvalue weighted by molar-refractivity contribution is 0.134. The van der Waals surface area contributed by atoms with E-state index >= 15 is 0 Å². The van der Waals surface area contributed by atoms with Crippen LogP contribution in [0.5, 0.6) is 0 Å². The largest absolute Gasteiger partial charge is 0.386 e. The number of aromatic nitrogens is 2. The first-order valence-corrected chi connectivity index (χ1v) is 7.09. The Bertz CT molecular complexity index is 561. The molecule has 0 aliphatic heterocycles.